The van der Waals surface area contributed by atoms with Crippen LogP contribution in [0.15, 0.2) is 0 Å². The number of esters is 1. The second-order valence-corrected chi connectivity index (χ2v) is 7.30. The lowest BCUT2D eigenvalue weighted by Crippen LogP contribution is -2.59. The first-order valence-corrected chi connectivity index (χ1v) is 8.17. The highest BCUT2D eigenvalue weighted by Crippen LogP contribution is 2.44. The van der Waals surface area contributed by atoms with Crippen LogP contribution in [-0.2, 0) is 38.0 Å². The number of aliphatic hydroxyl groups is 1. The van der Waals surface area contributed by atoms with Crippen molar-refractivity contribution >= 4 is 11.8 Å². The van der Waals surface area contributed by atoms with Crippen molar-refractivity contribution in [3.63, 3.8) is 0 Å². The summed E-state index contributed by atoms with van der Waals surface area (Å²) in [7, 11) is 1.17. The van der Waals surface area contributed by atoms with Gasteiger partial charge in [0.2, 0.25) is 0 Å². The fourth-order valence-corrected chi connectivity index (χ4v) is 3.40. The van der Waals surface area contributed by atoms with E-state index in [0.717, 1.165) is 0 Å². The molecule has 0 aromatic heterocycles. The fraction of sp³-hybridized carbons (Fsp3) is 0.875. The van der Waals surface area contributed by atoms with Gasteiger partial charge in [-0.3, -0.25) is 9.59 Å². The molecule has 0 bridgehead atoms. The summed E-state index contributed by atoms with van der Waals surface area (Å²) in [4.78, 5) is 23.5. The number of ketones is 1. The number of rotatable bonds is 4. The van der Waals surface area contributed by atoms with E-state index >= 15 is 0 Å². The van der Waals surface area contributed by atoms with Gasteiger partial charge in [-0.2, -0.15) is 0 Å². The Morgan fingerprint density at radius 2 is 1.56 bits per heavy atom. The van der Waals surface area contributed by atoms with Crippen molar-refractivity contribution in [1.29, 1.82) is 0 Å². The van der Waals surface area contributed by atoms with E-state index in [9.17, 15) is 14.7 Å². The van der Waals surface area contributed by atoms with Gasteiger partial charge in [-0.05, 0) is 27.7 Å². The average molecular weight is 360 g/mol. The van der Waals surface area contributed by atoms with Gasteiger partial charge in [-0.25, -0.2) is 0 Å². The number of Topliss-reactive ketones (excluding diaryl/α,β-unsaturated/α-hetero) is 1. The minimum Gasteiger partial charge on any atom is -0.469 e. The quantitative estimate of drug-likeness (QED) is 0.542. The van der Waals surface area contributed by atoms with Gasteiger partial charge in [0.1, 0.15) is 36.9 Å². The number of hydrogen-bond acceptors (Lipinski definition) is 9. The fourth-order valence-electron chi connectivity index (χ4n) is 3.40. The van der Waals surface area contributed by atoms with Crippen LogP contribution in [0.2, 0.25) is 0 Å². The summed E-state index contributed by atoms with van der Waals surface area (Å²) in [5.41, 5.74) is 0. The molecular weight excluding hydrogens is 336 g/mol. The molecule has 0 radical (unpaired) electrons. The largest absolute Gasteiger partial charge is 0.469 e. The summed E-state index contributed by atoms with van der Waals surface area (Å²) in [6, 6.07) is 0. The minimum atomic E-state index is -1.59. The summed E-state index contributed by atoms with van der Waals surface area (Å²) in [6.45, 7) is 6.92. The van der Waals surface area contributed by atoms with Crippen molar-refractivity contribution in [1.82, 2.24) is 0 Å². The van der Waals surface area contributed by atoms with Crippen molar-refractivity contribution in [3.05, 3.63) is 0 Å². The molecular formula is C16H24O9. The SMILES string of the molecule is COC(=O)CC(=O)C(O)[C@H]1O[C@@H]2OC(C)(C)O[C@@H]2[C@H]2OC(C)(C)O[C@H]21. The van der Waals surface area contributed by atoms with Gasteiger partial charge < -0.3 is 33.5 Å². The maximum Gasteiger partial charge on any atom is 0.313 e. The molecule has 6 atom stereocenters. The third kappa shape index (κ3) is 3.57. The summed E-state index contributed by atoms with van der Waals surface area (Å²) < 4.78 is 33.5. The zero-order valence-electron chi connectivity index (χ0n) is 14.9. The van der Waals surface area contributed by atoms with Gasteiger partial charge in [0.25, 0.3) is 0 Å². The number of aliphatic hydroxyl groups excluding tert-OH is 1. The second-order valence-electron chi connectivity index (χ2n) is 7.30. The molecule has 0 spiro atoms. The molecule has 1 unspecified atom stereocenters. The molecule has 9 nitrogen and oxygen atoms in total. The van der Waals surface area contributed by atoms with Crippen LogP contribution in [0.25, 0.3) is 0 Å². The number of ether oxygens (including phenoxy) is 6. The molecule has 0 aromatic rings. The summed E-state index contributed by atoms with van der Waals surface area (Å²) in [5, 5.41) is 10.4. The van der Waals surface area contributed by atoms with Gasteiger partial charge in [0, 0.05) is 0 Å². The topological polar surface area (TPSA) is 110 Å². The number of carbonyl (C=O) groups is 2. The smallest absolute Gasteiger partial charge is 0.313 e. The lowest BCUT2D eigenvalue weighted by molar-refractivity contribution is -0.250. The molecule has 3 heterocycles. The molecule has 3 fully saturated rings. The number of fused-ring (bicyclic) bond motifs is 3. The van der Waals surface area contributed by atoms with E-state index in [1.165, 1.54) is 7.11 Å². The Labute approximate surface area is 145 Å². The predicted molar refractivity (Wildman–Crippen MR) is 80.2 cm³/mol. The van der Waals surface area contributed by atoms with Crippen LogP contribution in [0.3, 0.4) is 0 Å². The van der Waals surface area contributed by atoms with Crippen LogP contribution < -0.4 is 0 Å². The molecule has 3 rings (SSSR count). The maximum atomic E-state index is 12.2. The molecule has 0 amide bonds. The van der Waals surface area contributed by atoms with E-state index < -0.39 is 66.6 Å². The van der Waals surface area contributed by atoms with Crippen LogP contribution in [0, 0.1) is 0 Å². The number of carbonyl (C=O) groups excluding carboxylic acids is 2. The first kappa shape index (κ1) is 18.7. The molecule has 9 heteroatoms. The average Bonchev–Trinajstić information content (AvgIpc) is 2.99. The molecule has 0 aliphatic carbocycles. The Morgan fingerprint density at radius 3 is 2.20 bits per heavy atom. The van der Waals surface area contributed by atoms with Gasteiger partial charge in [-0.15, -0.1) is 0 Å². The van der Waals surface area contributed by atoms with Crippen molar-refractivity contribution in [2.24, 2.45) is 0 Å². The van der Waals surface area contributed by atoms with E-state index in [1.807, 2.05) is 0 Å². The molecule has 3 aliphatic heterocycles. The van der Waals surface area contributed by atoms with Crippen LogP contribution in [0.5, 0.6) is 0 Å². The first-order chi connectivity index (χ1) is 11.5. The Bertz CT molecular complexity index is 558. The highest BCUT2D eigenvalue weighted by molar-refractivity contribution is 5.98. The van der Waals surface area contributed by atoms with Crippen molar-refractivity contribution in [2.45, 2.75) is 82.5 Å². The van der Waals surface area contributed by atoms with Crippen LogP contribution in [-0.4, -0.2) is 72.4 Å². The summed E-state index contributed by atoms with van der Waals surface area (Å²) >= 11 is 0. The third-order valence-electron chi connectivity index (χ3n) is 4.38. The van der Waals surface area contributed by atoms with E-state index in [-0.39, 0.29) is 0 Å². The van der Waals surface area contributed by atoms with Gasteiger partial charge in [0.05, 0.1) is 7.11 Å². The Kier molecular flexibility index (Phi) is 4.68. The highest BCUT2D eigenvalue weighted by Gasteiger charge is 2.62. The molecule has 0 saturated carbocycles. The zero-order valence-corrected chi connectivity index (χ0v) is 14.9. The van der Waals surface area contributed by atoms with Crippen LogP contribution >= 0.6 is 0 Å². The van der Waals surface area contributed by atoms with E-state index in [0.29, 0.717) is 0 Å². The van der Waals surface area contributed by atoms with Crippen LogP contribution in [0.1, 0.15) is 34.1 Å². The van der Waals surface area contributed by atoms with Gasteiger partial charge in [-0.1, -0.05) is 0 Å². The maximum absolute atomic E-state index is 12.2. The zero-order chi connectivity index (χ0) is 18.6. The lowest BCUT2D eigenvalue weighted by atomic mass is 9.93. The predicted octanol–water partition coefficient (Wildman–Crippen LogP) is -0.124. The molecule has 3 aliphatic rings. The summed E-state index contributed by atoms with van der Waals surface area (Å²) in [6.07, 6.45) is -5.90. The second kappa shape index (κ2) is 6.26. The molecule has 3 saturated heterocycles. The van der Waals surface area contributed by atoms with Gasteiger partial charge in [0.15, 0.2) is 23.6 Å². The van der Waals surface area contributed by atoms with Crippen molar-refractivity contribution in [3.8, 4) is 0 Å². The Hall–Kier alpha value is -1.10. The number of methoxy groups -OCH3 is 1. The monoisotopic (exact) mass is 360 g/mol. The Morgan fingerprint density at radius 1 is 1.00 bits per heavy atom. The third-order valence-corrected chi connectivity index (χ3v) is 4.38. The molecule has 0 aromatic carbocycles. The molecule has 142 valence electrons. The van der Waals surface area contributed by atoms with Gasteiger partial charge >= 0.3 is 5.97 Å². The van der Waals surface area contributed by atoms with E-state index in [1.54, 1.807) is 27.7 Å². The Balaban J connectivity index is 1.82. The van der Waals surface area contributed by atoms with Crippen LogP contribution in [0.4, 0.5) is 0 Å². The normalized spacial score (nSPS) is 39.4. The van der Waals surface area contributed by atoms with Crippen molar-refractivity contribution in [2.75, 3.05) is 7.11 Å². The summed E-state index contributed by atoms with van der Waals surface area (Å²) in [5.74, 6) is -3.29. The minimum absolute atomic E-state index is 0.555. The van der Waals surface area contributed by atoms with Crippen molar-refractivity contribution < 1.29 is 43.1 Å². The highest BCUT2D eigenvalue weighted by atomic mass is 16.9. The lowest BCUT2D eigenvalue weighted by Gasteiger charge is -2.38. The molecule has 25 heavy (non-hydrogen) atoms. The first-order valence-electron chi connectivity index (χ1n) is 8.17. The number of hydrogen-bond donors (Lipinski definition) is 1. The molecule has 1 N–H and O–H groups in total. The van der Waals surface area contributed by atoms with E-state index in [2.05, 4.69) is 4.74 Å². The van der Waals surface area contributed by atoms with E-state index in [4.69, 9.17) is 23.7 Å². The standard InChI is InChI=1S/C16H24O9/c1-15(2)22-11-10(9(19)7(17)6-8(18)20-5)21-14-13(12(11)23-15)24-16(3,4)25-14/h9-14,19H,6H2,1-5H3/t9?,10-,11+,12+,13-,14-/m1/s1.